The van der Waals surface area contributed by atoms with Crippen molar-refractivity contribution in [1.82, 2.24) is 9.71 Å². The van der Waals surface area contributed by atoms with Crippen LogP contribution in [0.2, 0.25) is 0 Å². The minimum absolute atomic E-state index is 0.0843. The van der Waals surface area contributed by atoms with Crippen molar-refractivity contribution in [3.63, 3.8) is 0 Å². The number of aliphatic carboxylic acids is 1. The third-order valence-electron chi connectivity index (χ3n) is 3.08. The van der Waals surface area contributed by atoms with Gasteiger partial charge in [-0.05, 0) is 22.0 Å². The number of halogens is 1. The first kappa shape index (κ1) is 15.4. The van der Waals surface area contributed by atoms with Crippen molar-refractivity contribution in [2.45, 2.75) is 23.3 Å². The van der Waals surface area contributed by atoms with E-state index in [2.05, 4.69) is 25.6 Å². The molecule has 1 fully saturated rings. The Bertz CT molecular complexity index is 613. The smallest absolute Gasteiger partial charge is 0.325 e. The fraction of sp³-hybridized carbons (Fsp3) is 0.455. The van der Waals surface area contributed by atoms with Gasteiger partial charge in [-0.15, -0.1) is 0 Å². The number of hydrogen-bond acceptors (Lipinski definition) is 5. The molecule has 2 rings (SSSR count). The monoisotopic (exact) mass is 364 g/mol. The quantitative estimate of drug-likeness (QED) is 0.816. The summed E-state index contributed by atoms with van der Waals surface area (Å²) in [4.78, 5) is 15.1. The van der Waals surface area contributed by atoms with Gasteiger partial charge >= 0.3 is 5.97 Å². The number of ether oxygens (including phenoxy) is 1. The Morgan fingerprint density at radius 1 is 1.40 bits per heavy atom. The highest BCUT2D eigenvalue weighted by molar-refractivity contribution is 9.10. The predicted octanol–water partition coefficient (Wildman–Crippen LogP) is 0.756. The zero-order valence-corrected chi connectivity index (χ0v) is 12.8. The summed E-state index contributed by atoms with van der Waals surface area (Å²) < 4.78 is 32.4. The Morgan fingerprint density at radius 3 is 2.60 bits per heavy atom. The Morgan fingerprint density at radius 2 is 2.05 bits per heavy atom. The first-order valence-electron chi connectivity index (χ1n) is 5.81. The molecule has 0 radical (unpaired) electrons. The van der Waals surface area contributed by atoms with Gasteiger partial charge in [0.05, 0.1) is 0 Å². The summed E-state index contributed by atoms with van der Waals surface area (Å²) in [6.07, 6.45) is 2.79. The van der Waals surface area contributed by atoms with Gasteiger partial charge in [-0.25, -0.2) is 8.42 Å². The third-order valence-corrected chi connectivity index (χ3v) is 5.01. The van der Waals surface area contributed by atoms with Crippen LogP contribution in [0.4, 0.5) is 0 Å². The highest BCUT2D eigenvalue weighted by Crippen LogP contribution is 2.24. The number of rotatable bonds is 4. The summed E-state index contributed by atoms with van der Waals surface area (Å²) in [5.74, 6) is -1.20. The Kier molecular flexibility index (Phi) is 4.43. The number of carbonyl (C=O) groups is 1. The van der Waals surface area contributed by atoms with E-state index in [4.69, 9.17) is 4.74 Å². The fourth-order valence-corrected chi connectivity index (χ4v) is 3.86. The van der Waals surface area contributed by atoms with Crippen molar-refractivity contribution in [2.75, 3.05) is 13.2 Å². The van der Waals surface area contributed by atoms with Gasteiger partial charge in [0, 0.05) is 42.9 Å². The van der Waals surface area contributed by atoms with E-state index in [-0.39, 0.29) is 31.0 Å². The Labute approximate surface area is 124 Å². The molecule has 1 aliphatic heterocycles. The van der Waals surface area contributed by atoms with E-state index in [1.165, 1.54) is 18.5 Å². The second kappa shape index (κ2) is 5.76. The number of hydrogen-bond donors (Lipinski definition) is 2. The van der Waals surface area contributed by atoms with Gasteiger partial charge in [0.25, 0.3) is 0 Å². The molecule has 0 atom stereocenters. The van der Waals surface area contributed by atoms with Crippen LogP contribution in [0.25, 0.3) is 0 Å². The minimum Gasteiger partial charge on any atom is -0.480 e. The Hall–Kier alpha value is -1.03. The lowest BCUT2D eigenvalue weighted by molar-refractivity contribution is -0.147. The van der Waals surface area contributed by atoms with E-state index < -0.39 is 21.5 Å². The number of nitrogens with one attached hydrogen (secondary N) is 1. The Balaban J connectivity index is 2.32. The van der Waals surface area contributed by atoms with Crippen LogP contribution in [-0.2, 0) is 19.6 Å². The van der Waals surface area contributed by atoms with Crippen molar-refractivity contribution in [2.24, 2.45) is 0 Å². The van der Waals surface area contributed by atoms with Crippen LogP contribution >= 0.6 is 15.9 Å². The lowest BCUT2D eigenvalue weighted by Crippen LogP contribution is -2.57. The average Bonchev–Trinajstić information content (AvgIpc) is 2.39. The number of carboxylic acid groups (broad SMARTS) is 1. The summed E-state index contributed by atoms with van der Waals surface area (Å²) in [7, 11) is -3.96. The molecule has 2 heterocycles. The van der Waals surface area contributed by atoms with Crippen LogP contribution in [0.3, 0.4) is 0 Å². The van der Waals surface area contributed by atoms with Crippen molar-refractivity contribution in [3.8, 4) is 0 Å². The van der Waals surface area contributed by atoms with Crippen LogP contribution in [0.5, 0.6) is 0 Å². The van der Waals surface area contributed by atoms with Crippen molar-refractivity contribution in [1.29, 1.82) is 0 Å². The molecular formula is C11H13BrN2O5S. The van der Waals surface area contributed by atoms with Crippen LogP contribution in [-0.4, -0.2) is 43.2 Å². The maximum Gasteiger partial charge on any atom is 0.325 e. The summed E-state index contributed by atoms with van der Waals surface area (Å²) in [5.41, 5.74) is -1.53. The SMILES string of the molecule is O=C(O)C1(NS(=O)(=O)c2cncc(Br)c2)CCOCC1. The molecule has 0 aliphatic carbocycles. The molecule has 20 heavy (non-hydrogen) atoms. The van der Waals surface area contributed by atoms with Gasteiger partial charge in [0.15, 0.2) is 0 Å². The highest BCUT2D eigenvalue weighted by atomic mass is 79.9. The first-order chi connectivity index (χ1) is 9.36. The van der Waals surface area contributed by atoms with Crippen molar-refractivity contribution in [3.05, 3.63) is 22.9 Å². The number of nitrogens with zero attached hydrogens (tertiary/aromatic N) is 1. The maximum atomic E-state index is 12.3. The van der Waals surface area contributed by atoms with Crippen molar-refractivity contribution < 1.29 is 23.1 Å². The molecule has 9 heteroatoms. The number of pyridine rings is 1. The lowest BCUT2D eigenvalue weighted by Gasteiger charge is -2.33. The van der Waals surface area contributed by atoms with E-state index in [0.29, 0.717) is 4.47 Å². The van der Waals surface area contributed by atoms with Crippen LogP contribution in [0.15, 0.2) is 27.8 Å². The zero-order valence-electron chi connectivity index (χ0n) is 10.4. The summed E-state index contributed by atoms with van der Waals surface area (Å²) in [6, 6.07) is 1.37. The molecule has 1 aromatic rings. The van der Waals surface area contributed by atoms with Gasteiger partial charge in [0.2, 0.25) is 10.0 Å². The third kappa shape index (κ3) is 3.17. The van der Waals surface area contributed by atoms with Gasteiger partial charge in [-0.2, -0.15) is 4.72 Å². The highest BCUT2D eigenvalue weighted by Gasteiger charge is 2.43. The van der Waals surface area contributed by atoms with E-state index in [1.54, 1.807) is 0 Å². The second-order valence-corrected chi connectivity index (χ2v) is 7.04. The molecule has 0 spiro atoms. The molecule has 0 aromatic carbocycles. The second-order valence-electron chi connectivity index (χ2n) is 4.44. The molecular weight excluding hydrogens is 352 g/mol. The molecule has 1 saturated heterocycles. The van der Waals surface area contributed by atoms with Crippen LogP contribution < -0.4 is 4.72 Å². The van der Waals surface area contributed by atoms with E-state index in [0.717, 1.165) is 0 Å². The molecule has 1 aliphatic rings. The van der Waals surface area contributed by atoms with Crippen LogP contribution in [0.1, 0.15) is 12.8 Å². The maximum absolute atomic E-state index is 12.3. The molecule has 1 aromatic heterocycles. The molecule has 2 N–H and O–H groups in total. The van der Waals surface area contributed by atoms with Crippen LogP contribution in [0, 0.1) is 0 Å². The van der Waals surface area contributed by atoms with Gasteiger partial charge in [-0.3, -0.25) is 9.78 Å². The molecule has 110 valence electrons. The van der Waals surface area contributed by atoms with Crippen molar-refractivity contribution >= 4 is 31.9 Å². The predicted molar refractivity (Wildman–Crippen MR) is 72.7 cm³/mol. The standard InChI is InChI=1S/C11H13BrN2O5S/c12-8-5-9(7-13-6-8)20(17,18)14-11(10(15)16)1-3-19-4-2-11/h5-7,14H,1-4H2,(H,15,16). The van der Waals surface area contributed by atoms with Gasteiger partial charge in [0.1, 0.15) is 10.4 Å². The van der Waals surface area contributed by atoms with E-state index in [1.807, 2.05) is 0 Å². The number of carboxylic acids is 1. The van der Waals surface area contributed by atoms with E-state index >= 15 is 0 Å². The zero-order chi connectivity index (χ0) is 14.8. The molecule has 0 amide bonds. The number of sulfonamides is 1. The summed E-state index contributed by atoms with van der Waals surface area (Å²) >= 11 is 3.13. The fourth-order valence-electron chi connectivity index (χ4n) is 1.93. The largest absolute Gasteiger partial charge is 0.480 e. The van der Waals surface area contributed by atoms with Gasteiger partial charge < -0.3 is 9.84 Å². The summed E-state index contributed by atoms with van der Waals surface area (Å²) in [5, 5.41) is 9.35. The topological polar surface area (TPSA) is 106 Å². The van der Waals surface area contributed by atoms with E-state index in [9.17, 15) is 18.3 Å². The summed E-state index contributed by atoms with van der Waals surface area (Å²) in [6.45, 7) is 0.400. The lowest BCUT2D eigenvalue weighted by atomic mass is 9.92. The molecule has 7 nitrogen and oxygen atoms in total. The molecule has 0 saturated carbocycles. The average molecular weight is 365 g/mol. The molecule has 0 bridgehead atoms. The normalized spacial score (nSPS) is 18.6. The minimum atomic E-state index is -3.96. The molecule has 0 unspecified atom stereocenters. The first-order valence-corrected chi connectivity index (χ1v) is 8.09. The number of aromatic nitrogens is 1. The van der Waals surface area contributed by atoms with Gasteiger partial charge in [-0.1, -0.05) is 0 Å².